The number of esters is 2. The van der Waals surface area contributed by atoms with Crippen molar-refractivity contribution in [1.29, 1.82) is 0 Å². The highest BCUT2D eigenvalue weighted by molar-refractivity contribution is 5.83. The van der Waals surface area contributed by atoms with Crippen LogP contribution < -0.4 is 0 Å². The highest BCUT2D eigenvalue weighted by Gasteiger charge is 2.61. The van der Waals surface area contributed by atoms with E-state index in [1.807, 2.05) is 50.2 Å². The maximum atomic E-state index is 12.4. The molecular weight excluding hydrogens is 344 g/mol. The zero-order valence-electron chi connectivity index (χ0n) is 15.8. The van der Waals surface area contributed by atoms with Crippen LogP contribution in [0, 0.1) is 17.3 Å². The van der Waals surface area contributed by atoms with Crippen LogP contribution >= 0.6 is 0 Å². The van der Waals surface area contributed by atoms with Crippen molar-refractivity contribution in [2.24, 2.45) is 17.3 Å². The molecule has 0 radical (unpaired) electrons. The van der Waals surface area contributed by atoms with Gasteiger partial charge in [-0.1, -0.05) is 50.3 Å². The smallest absolute Gasteiger partial charge is 0.330 e. The van der Waals surface area contributed by atoms with Crippen molar-refractivity contribution in [2.75, 3.05) is 7.11 Å². The van der Waals surface area contributed by atoms with Crippen LogP contribution in [0.2, 0.25) is 0 Å². The first-order valence-electron chi connectivity index (χ1n) is 8.95. The molecule has 1 aliphatic carbocycles. The summed E-state index contributed by atoms with van der Waals surface area (Å²) in [6, 6.07) is 11.9. The topological polar surface area (TPSA) is 65.7 Å². The van der Waals surface area contributed by atoms with Crippen molar-refractivity contribution in [2.45, 2.75) is 26.9 Å². The lowest BCUT2D eigenvalue weighted by Gasteiger charge is -2.03. The first-order chi connectivity index (χ1) is 12.9. The molecule has 1 saturated carbocycles. The zero-order chi connectivity index (χ0) is 19.4. The van der Waals surface area contributed by atoms with Crippen LogP contribution in [0.15, 0.2) is 59.2 Å². The average Bonchev–Trinajstić information content (AvgIpc) is 2.98. The number of benzene rings is 1. The fourth-order valence-corrected chi connectivity index (χ4v) is 3.37. The average molecular weight is 368 g/mol. The second-order valence-corrected chi connectivity index (χ2v) is 7.40. The quantitative estimate of drug-likeness (QED) is 0.547. The molecule has 0 aliphatic heterocycles. The van der Waals surface area contributed by atoms with Crippen LogP contribution in [0.1, 0.15) is 30.7 Å². The number of hydrogen-bond donors (Lipinski definition) is 0. The van der Waals surface area contributed by atoms with Gasteiger partial charge in [-0.3, -0.25) is 4.79 Å². The van der Waals surface area contributed by atoms with E-state index < -0.39 is 5.97 Å². The molecule has 2 atom stereocenters. The molecule has 3 rings (SSSR count). The molecule has 2 unspecified atom stereocenters. The van der Waals surface area contributed by atoms with Crippen molar-refractivity contribution in [1.82, 2.24) is 0 Å². The van der Waals surface area contributed by atoms with Crippen LogP contribution in [-0.2, 0) is 32.1 Å². The van der Waals surface area contributed by atoms with Crippen LogP contribution in [0.3, 0.4) is 0 Å². The van der Waals surface area contributed by atoms with Crippen molar-refractivity contribution >= 4 is 11.9 Å². The summed E-state index contributed by atoms with van der Waals surface area (Å²) in [6.45, 7) is 4.15. The largest absolute Gasteiger partial charge is 0.469 e. The number of methoxy groups -OCH3 is 1. The van der Waals surface area contributed by atoms with E-state index in [9.17, 15) is 9.59 Å². The second-order valence-electron chi connectivity index (χ2n) is 7.40. The Kier molecular flexibility index (Phi) is 5.49. The van der Waals surface area contributed by atoms with E-state index in [4.69, 9.17) is 9.15 Å². The van der Waals surface area contributed by atoms with E-state index in [1.165, 1.54) is 13.2 Å². The monoisotopic (exact) mass is 368 g/mol. The molecule has 27 heavy (non-hydrogen) atoms. The van der Waals surface area contributed by atoms with E-state index in [1.54, 1.807) is 12.3 Å². The van der Waals surface area contributed by atoms with Crippen molar-refractivity contribution in [3.8, 4) is 0 Å². The van der Waals surface area contributed by atoms with Gasteiger partial charge in [0.2, 0.25) is 0 Å². The Balaban J connectivity index is 1.52. The maximum Gasteiger partial charge on any atom is 0.330 e. The van der Waals surface area contributed by atoms with Crippen LogP contribution in [-0.4, -0.2) is 19.0 Å². The Labute approximate surface area is 159 Å². The van der Waals surface area contributed by atoms with Gasteiger partial charge in [-0.15, -0.1) is 0 Å². The molecule has 1 aromatic carbocycles. The minimum atomic E-state index is -0.422. The van der Waals surface area contributed by atoms with Crippen LogP contribution in [0.25, 0.3) is 0 Å². The van der Waals surface area contributed by atoms with Crippen molar-refractivity contribution in [3.05, 3.63) is 71.7 Å². The summed E-state index contributed by atoms with van der Waals surface area (Å²) in [7, 11) is 1.33. The highest BCUT2D eigenvalue weighted by atomic mass is 16.5. The Bertz CT molecular complexity index is 831. The summed E-state index contributed by atoms with van der Waals surface area (Å²) in [5.41, 5.74) is 1.76. The summed E-state index contributed by atoms with van der Waals surface area (Å²) in [5, 5.41) is 0. The Morgan fingerprint density at radius 2 is 1.93 bits per heavy atom. The number of carbonyl (C=O) groups excluding carboxylic acids is 2. The summed E-state index contributed by atoms with van der Waals surface area (Å²) < 4.78 is 15.6. The summed E-state index contributed by atoms with van der Waals surface area (Å²) in [6.07, 6.45) is 5.42. The lowest BCUT2D eigenvalue weighted by atomic mass is 10.1. The third kappa shape index (κ3) is 4.48. The molecule has 5 nitrogen and oxygen atoms in total. The number of allylic oxidation sites excluding steroid dienone is 1. The van der Waals surface area contributed by atoms with Gasteiger partial charge in [0.25, 0.3) is 0 Å². The first kappa shape index (κ1) is 19.0. The van der Waals surface area contributed by atoms with Gasteiger partial charge in [0.1, 0.15) is 12.4 Å². The Hall–Kier alpha value is -2.82. The fourth-order valence-electron chi connectivity index (χ4n) is 3.37. The number of hydrogen-bond acceptors (Lipinski definition) is 5. The van der Waals surface area contributed by atoms with Gasteiger partial charge in [-0.05, 0) is 23.0 Å². The standard InChI is InChI=1S/C22H24O5/c1-22(2)18(9-10-19(23)25-3)20(22)21(24)27-14-16-12-17(26-13-16)11-15-7-5-4-6-8-15/h4-10,12-13,18,20H,11,14H2,1-3H3. The van der Waals surface area contributed by atoms with Gasteiger partial charge in [0.05, 0.1) is 19.3 Å². The lowest BCUT2D eigenvalue weighted by molar-refractivity contribution is -0.147. The molecule has 0 saturated heterocycles. The third-order valence-electron chi connectivity index (χ3n) is 5.12. The minimum Gasteiger partial charge on any atom is -0.469 e. The third-order valence-corrected chi connectivity index (χ3v) is 5.12. The highest BCUT2D eigenvalue weighted by Crippen LogP contribution is 2.59. The summed E-state index contributed by atoms with van der Waals surface area (Å²) in [4.78, 5) is 23.7. The predicted octanol–water partition coefficient (Wildman–Crippen LogP) is 3.92. The van der Waals surface area contributed by atoms with Gasteiger partial charge in [0, 0.05) is 18.1 Å². The molecule has 2 aromatic rings. The summed E-state index contributed by atoms with van der Waals surface area (Å²) >= 11 is 0. The van der Waals surface area contributed by atoms with Gasteiger partial charge in [-0.25, -0.2) is 4.79 Å². The Morgan fingerprint density at radius 1 is 1.19 bits per heavy atom. The molecule has 1 fully saturated rings. The number of carbonyl (C=O) groups is 2. The molecule has 0 bridgehead atoms. The molecule has 1 aromatic heterocycles. The number of rotatable bonds is 7. The van der Waals surface area contributed by atoms with Crippen molar-refractivity contribution in [3.63, 3.8) is 0 Å². The normalized spacial score (nSPS) is 20.4. The van der Waals surface area contributed by atoms with Crippen LogP contribution in [0.5, 0.6) is 0 Å². The Morgan fingerprint density at radius 3 is 2.63 bits per heavy atom. The van der Waals surface area contributed by atoms with E-state index in [0.717, 1.165) is 16.9 Å². The van der Waals surface area contributed by atoms with Crippen LogP contribution in [0.4, 0.5) is 0 Å². The predicted molar refractivity (Wildman–Crippen MR) is 99.7 cm³/mol. The molecule has 1 aliphatic rings. The molecule has 142 valence electrons. The minimum absolute atomic E-state index is 0.0258. The lowest BCUT2D eigenvalue weighted by Crippen LogP contribution is -2.10. The van der Waals surface area contributed by atoms with Gasteiger partial charge >= 0.3 is 11.9 Å². The zero-order valence-corrected chi connectivity index (χ0v) is 15.8. The molecule has 0 spiro atoms. The van der Waals surface area contributed by atoms with Gasteiger partial charge in [-0.2, -0.15) is 0 Å². The number of ether oxygens (including phenoxy) is 2. The molecule has 1 heterocycles. The number of furan rings is 1. The first-order valence-corrected chi connectivity index (χ1v) is 8.95. The molecule has 0 N–H and O–H groups in total. The molecule has 0 amide bonds. The maximum absolute atomic E-state index is 12.4. The van der Waals surface area contributed by atoms with Crippen molar-refractivity contribution < 1.29 is 23.5 Å². The second kappa shape index (κ2) is 7.82. The fraction of sp³-hybridized carbons (Fsp3) is 0.364. The van der Waals surface area contributed by atoms with E-state index >= 15 is 0 Å². The summed E-state index contributed by atoms with van der Waals surface area (Å²) in [5.74, 6) is -0.131. The molecule has 5 heteroatoms. The van der Waals surface area contributed by atoms with E-state index in [2.05, 4.69) is 4.74 Å². The molecular formula is C22H24O5. The van der Waals surface area contributed by atoms with Gasteiger partial charge in [0.15, 0.2) is 0 Å². The van der Waals surface area contributed by atoms with E-state index in [0.29, 0.717) is 6.42 Å². The van der Waals surface area contributed by atoms with Gasteiger partial charge < -0.3 is 13.9 Å². The SMILES string of the molecule is COC(=O)C=CC1C(C(=O)OCc2coc(Cc3ccccc3)c2)C1(C)C. The van der Waals surface area contributed by atoms with E-state index in [-0.39, 0.29) is 29.8 Å².